The number of amides is 1. The predicted octanol–water partition coefficient (Wildman–Crippen LogP) is 3.90. The summed E-state index contributed by atoms with van der Waals surface area (Å²) in [6.07, 6.45) is -0.934. The van der Waals surface area contributed by atoms with Crippen molar-refractivity contribution in [3.63, 3.8) is 0 Å². The van der Waals surface area contributed by atoms with E-state index in [9.17, 15) is 9.18 Å². The highest BCUT2D eigenvalue weighted by atomic mass is 19.1. The van der Waals surface area contributed by atoms with Gasteiger partial charge < -0.3 is 10.1 Å². The maximum Gasteiger partial charge on any atom is 0.266 e. The number of aromatic nitrogens is 2. The SMILES string of the molecule is Cc1ccc(-c2nonc2NC(=O)[C@@H](C)Oc2ccccc2F)cc1C. The van der Waals surface area contributed by atoms with Crippen LogP contribution >= 0.6 is 0 Å². The molecule has 0 unspecified atom stereocenters. The maximum absolute atomic E-state index is 13.7. The second-order valence-corrected chi connectivity index (χ2v) is 5.94. The highest BCUT2D eigenvalue weighted by molar-refractivity contribution is 5.96. The van der Waals surface area contributed by atoms with Crippen molar-refractivity contribution in [1.29, 1.82) is 0 Å². The first-order valence-corrected chi connectivity index (χ1v) is 8.08. The van der Waals surface area contributed by atoms with Crippen molar-refractivity contribution in [3.05, 3.63) is 59.4 Å². The van der Waals surface area contributed by atoms with Gasteiger partial charge in [0.1, 0.15) is 0 Å². The summed E-state index contributed by atoms with van der Waals surface area (Å²) in [7, 11) is 0. The van der Waals surface area contributed by atoms with Crippen molar-refractivity contribution in [3.8, 4) is 17.0 Å². The first-order chi connectivity index (χ1) is 12.5. The Morgan fingerprint density at radius 1 is 1.15 bits per heavy atom. The molecule has 0 saturated heterocycles. The summed E-state index contributed by atoms with van der Waals surface area (Å²) < 4.78 is 23.8. The van der Waals surface area contributed by atoms with E-state index in [4.69, 9.17) is 9.37 Å². The van der Waals surface area contributed by atoms with Crippen LogP contribution in [0.5, 0.6) is 5.75 Å². The van der Waals surface area contributed by atoms with Gasteiger partial charge >= 0.3 is 0 Å². The number of halogens is 1. The number of carbonyl (C=O) groups is 1. The predicted molar refractivity (Wildman–Crippen MR) is 94.3 cm³/mol. The molecule has 3 aromatic rings. The third-order valence-electron chi connectivity index (χ3n) is 4.02. The first-order valence-electron chi connectivity index (χ1n) is 8.08. The van der Waals surface area contributed by atoms with E-state index in [-0.39, 0.29) is 11.6 Å². The molecule has 0 aliphatic heterocycles. The Balaban J connectivity index is 1.75. The normalized spacial score (nSPS) is 11.8. The number of nitrogens with zero attached hydrogens (tertiary/aromatic N) is 2. The van der Waals surface area contributed by atoms with E-state index in [0.717, 1.165) is 16.7 Å². The zero-order chi connectivity index (χ0) is 18.7. The molecule has 0 aliphatic rings. The summed E-state index contributed by atoms with van der Waals surface area (Å²) >= 11 is 0. The number of hydrogen-bond acceptors (Lipinski definition) is 5. The van der Waals surface area contributed by atoms with Crippen molar-refractivity contribution in [1.82, 2.24) is 10.3 Å². The fourth-order valence-corrected chi connectivity index (χ4v) is 2.35. The van der Waals surface area contributed by atoms with Gasteiger partial charge in [-0.05, 0) is 60.4 Å². The van der Waals surface area contributed by atoms with E-state index in [1.165, 1.54) is 19.1 Å². The molecule has 1 atom stereocenters. The van der Waals surface area contributed by atoms with Crippen LogP contribution in [0, 0.1) is 19.7 Å². The van der Waals surface area contributed by atoms with Gasteiger partial charge in [0, 0.05) is 5.56 Å². The number of rotatable bonds is 5. The summed E-state index contributed by atoms with van der Waals surface area (Å²) in [6.45, 7) is 5.50. The van der Waals surface area contributed by atoms with E-state index in [2.05, 4.69) is 15.6 Å². The molecule has 0 aliphatic carbocycles. The average molecular weight is 355 g/mol. The lowest BCUT2D eigenvalue weighted by molar-refractivity contribution is -0.122. The van der Waals surface area contributed by atoms with Gasteiger partial charge in [-0.15, -0.1) is 0 Å². The molecule has 0 spiro atoms. The van der Waals surface area contributed by atoms with E-state index >= 15 is 0 Å². The molecule has 1 aromatic heterocycles. The summed E-state index contributed by atoms with van der Waals surface area (Å²) in [5.41, 5.74) is 3.41. The Morgan fingerprint density at radius 2 is 1.92 bits per heavy atom. The monoisotopic (exact) mass is 355 g/mol. The first kappa shape index (κ1) is 17.6. The minimum absolute atomic E-state index is 0.00260. The van der Waals surface area contributed by atoms with Gasteiger partial charge in [0.15, 0.2) is 23.4 Å². The van der Waals surface area contributed by atoms with E-state index in [1.54, 1.807) is 12.1 Å². The molecular formula is C19H18FN3O3. The summed E-state index contributed by atoms with van der Waals surface area (Å²) in [5.74, 6) is -0.842. The smallest absolute Gasteiger partial charge is 0.266 e. The fraction of sp³-hybridized carbons (Fsp3) is 0.211. The van der Waals surface area contributed by atoms with E-state index in [1.807, 2.05) is 32.0 Å². The largest absolute Gasteiger partial charge is 0.478 e. The number of para-hydroxylation sites is 1. The Kier molecular flexibility index (Phi) is 4.97. The Morgan fingerprint density at radius 3 is 2.65 bits per heavy atom. The lowest BCUT2D eigenvalue weighted by atomic mass is 10.0. The van der Waals surface area contributed by atoms with Crippen molar-refractivity contribution in [2.45, 2.75) is 26.9 Å². The van der Waals surface area contributed by atoms with Crippen LogP contribution in [0.25, 0.3) is 11.3 Å². The average Bonchev–Trinajstić information content (AvgIpc) is 3.07. The van der Waals surface area contributed by atoms with Gasteiger partial charge in [-0.2, -0.15) is 0 Å². The molecule has 7 heteroatoms. The van der Waals surface area contributed by atoms with Crippen molar-refractivity contribution >= 4 is 11.7 Å². The maximum atomic E-state index is 13.7. The van der Waals surface area contributed by atoms with E-state index in [0.29, 0.717) is 5.69 Å². The molecule has 6 nitrogen and oxygen atoms in total. The van der Waals surface area contributed by atoms with Gasteiger partial charge in [0.25, 0.3) is 5.91 Å². The van der Waals surface area contributed by atoms with Crippen LogP contribution in [0.1, 0.15) is 18.1 Å². The Labute approximate surface area is 149 Å². The molecule has 1 heterocycles. The second kappa shape index (κ2) is 7.35. The standard InChI is InChI=1S/C19H18FN3O3/c1-11-8-9-14(10-12(11)2)17-18(23-26-22-17)21-19(24)13(3)25-16-7-5-4-6-15(16)20/h4-10,13H,1-3H3,(H,21,23,24)/t13-/m1/s1. The highest BCUT2D eigenvalue weighted by Gasteiger charge is 2.21. The second-order valence-electron chi connectivity index (χ2n) is 5.94. The zero-order valence-corrected chi connectivity index (χ0v) is 14.6. The Bertz CT molecular complexity index is 939. The molecule has 0 fully saturated rings. The van der Waals surface area contributed by atoms with Crippen molar-refractivity contribution in [2.24, 2.45) is 0 Å². The van der Waals surface area contributed by atoms with Gasteiger partial charge in [-0.1, -0.05) is 24.3 Å². The third kappa shape index (κ3) is 3.72. The molecule has 2 aromatic carbocycles. The molecule has 134 valence electrons. The molecular weight excluding hydrogens is 337 g/mol. The highest BCUT2D eigenvalue weighted by Crippen LogP contribution is 2.26. The number of nitrogens with one attached hydrogen (secondary N) is 1. The fourth-order valence-electron chi connectivity index (χ4n) is 2.35. The lowest BCUT2D eigenvalue weighted by Gasteiger charge is -2.14. The lowest BCUT2D eigenvalue weighted by Crippen LogP contribution is -2.30. The molecule has 0 radical (unpaired) electrons. The van der Waals surface area contributed by atoms with Crippen molar-refractivity contribution in [2.75, 3.05) is 5.32 Å². The molecule has 1 N–H and O–H groups in total. The summed E-state index contributed by atoms with van der Waals surface area (Å²) in [5, 5.41) is 10.2. The molecule has 1 amide bonds. The van der Waals surface area contributed by atoms with Crippen LogP contribution in [-0.2, 0) is 4.79 Å². The minimum atomic E-state index is -0.934. The molecule has 26 heavy (non-hydrogen) atoms. The number of aryl methyl sites for hydroxylation is 2. The van der Waals surface area contributed by atoms with Gasteiger partial charge in [-0.25, -0.2) is 9.02 Å². The topological polar surface area (TPSA) is 77.3 Å². The third-order valence-corrected chi connectivity index (χ3v) is 4.02. The number of ether oxygens (including phenoxy) is 1. The zero-order valence-electron chi connectivity index (χ0n) is 14.6. The number of hydrogen-bond donors (Lipinski definition) is 1. The minimum Gasteiger partial charge on any atom is -0.478 e. The van der Waals surface area contributed by atoms with Crippen LogP contribution in [0.3, 0.4) is 0 Å². The molecule has 3 rings (SSSR count). The van der Waals surface area contributed by atoms with E-state index < -0.39 is 17.8 Å². The number of benzene rings is 2. The van der Waals surface area contributed by atoms with Crippen LogP contribution in [-0.4, -0.2) is 22.3 Å². The van der Waals surface area contributed by atoms with Crippen LogP contribution < -0.4 is 10.1 Å². The van der Waals surface area contributed by atoms with Crippen LogP contribution in [0.4, 0.5) is 10.2 Å². The van der Waals surface area contributed by atoms with Crippen LogP contribution in [0.2, 0.25) is 0 Å². The molecule has 0 saturated carbocycles. The van der Waals surface area contributed by atoms with Crippen LogP contribution in [0.15, 0.2) is 47.1 Å². The Hall–Kier alpha value is -3.22. The molecule has 0 bridgehead atoms. The van der Waals surface area contributed by atoms with Gasteiger partial charge in [-0.3, -0.25) is 4.79 Å². The summed E-state index contributed by atoms with van der Waals surface area (Å²) in [6, 6.07) is 11.7. The van der Waals surface area contributed by atoms with Gasteiger partial charge in [0.05, 0.1) is 0 Å². The summed E-state index contributed by atoms with van der Waals surface area (Å²) in [4.78, 5) is 12.4. The number of carbonyl (C=O) groups excluding carboxylic acids is 1. The van der Waals surface area contributed by atoms with Gasteiger partial charge in [0.2, 0.25) is 5.82 Å². The quantitative estimate of drug-likeness (QED) is 0.751. The number of anilines is 1. The van der Waals surface area contributed by atoms with Crippen molar-refractivity contribution < 1.29 is 18.6 Å².